The van der Waals surface area contributed by atoms with Crippen molar-refractivity contribution in [1.29, 1.82) is 0 Å². The molecule has 7 rings (SSSR count). The van der Waals surface area contributed by atoms with Crippen molar-refractivity contribution in [3.8, 4) is 17.3 Å². The second-order valence-electron chi connectivity index (χ2n) is 10.8. The summed E-state index contributed by atoms with van der Waals surface area (Å²) in [6, 6.07) is 12.0. The summed E-state index contributed by atoms with van der Waals surface area (Å²) in [6.45, 7) is 5.58. The van der Waals surface area contributed by atoms with Gasteiger partial charge in [-0.2, -0.15) is 9.97 Å². The molecule has 4 aromatic rings. The van der Waals surface area contributed by atoms with E-state index in [0.717, 1.165) is 43.1 Å². The van der Waals surface area contributed by atoms with Crippen LogP contribution in [-0.4, -0.2) is 52.3 Å². The molecule has 0 aliphatic carbocycles. The van der Waals surface area contributed by atoms with E-state index in [2.05, 4.69) is 20.2 Å². The van der Waals surface area contributed by atoms with Crippen molar-refractivity contribution in [2.75, 3.05) is 24.6 Å². The highest BCUT2D eigenvalue weighted by Gasteiger charge is 2.34. The molecule has 2 aromatic carbocycles. The van der Waals surface area contributed by atoms with Crippen molar-refractivity contribution in [1.82, 2.24) is 20.3 Å². The number of anilines is 1. The monoisotopic (exact) mass is 520 g/mol. The quantitative estimate of drug-likeness (QED) is 0.379. The summed E-state index contributed by atoms with van der Waals surface area (Å²) in [6.07, 6.45) is 4.98. The van der Waals surface area contributed by atoms with Gasteiger partial charge in [0.25, 0.3) is 0 Å². The lowest BCUT2D eigenvalue weighted by Gasteiger charge is -2.38. The number of piperazine rings is 1. The van der Waals surface area contributed by atoms with E-state index in [1.807, 2.05) is 44.2 Å². The van der Waals surface area contributed by atoms with Crippen LogP contribution in [0.15, 0.2) is 42.6 Å². The molecule has 2 unspecified atom stereocenters. The maximum absolute atomic E-state index is 16.4. The molecule has 2 atom stereocenters. The molecule has 3 aliphatic heterocycles. The van der Waals surface area contributed by atoms with Crippen LogP contribution in [-0.2, 0) is 0 Å². The Balaban J connectivity index is 1.54. The number of pyridine rings is 1. The molecule has 2 bridgehead atoms. The minimum atomic E-state index is -0.592. The van der Waals surface area contributed by atoms with E-state index >= 15 is 4.39 Å². The fourth-order valence-electron chi connectivity index (χ4n) is 5.41. The minimum absolute atomic E-state index is 0.112. The highest BCUT2D eigenvalue weighted by atomic mass is 35.5. The lowest BCUT2D eigenvalue weighted by molar-refractivity contribution is 0.227. The molecule has 0 amide bonds. The van der Waals surface area contributed by atoms with Crippen molar-refractivity contribution in [2.45, 2.75) is 50.7 Å². The lowest BCUT2D eigenvalue weighted by atomic mass is 10.0. The Morgan fingerprint density at radius 2 is 2.00 bits per heavy atom. The third-order valence-corrected chi connectivity index (χ3v) is 7.50. The van der Waals surface area contributed by atoms with Crippen molar-refractivity contribution < 1.29 is 9.13 Å². The Bertz CT molecular complexity index is 1480. The Morgan fingerprint density at radius 1 is 1.19 bits per heavy atom. The number of rotatable bonds is 5. The summed E-state index contributed by atoms with van der Waals surface area (Å²) in [4.78, 5) is 16.2. The lowest BCUT2D eigenvalue weighted by Crippen LogP contribution is -2.54. The first kappa shape index (κ1) is 24.3. The fraction of sp³-hybridized carbons (Fsp3) is 0.393. The average Bonchev–Trinajstić information content (AvgIpc) is 3.23. The Morgan fingerprint density at radius 3 is 2.81 bits per heavy atom. The fourth-order valence-corrected chi connectivity index (χ4v) is 5.69. The van der Waals surface area contributed by atoms with Crippen LogP contribution in [0.4, 0.5) is 10.2 Å². The molecule has 3 fully saturated rings. The van der Waals surface area contributed by atoms with Crippen LogP contribution in [0.25, 0.3) is 32.9 Å². The van der Waals surface area contributed by atoms with Gasteiger partial charge in [0.1, 0.15) is 23.6 Å². The zero-order valence-corrected chi connectivity index (χ0v) is 21.7. The number of ether oxygens (including phenoxy) is 1. The van der Waals surface area contributed by atoms with Gasteiger partial charge in [-0.05, 0) is 44.6 Å². The van der Waals surface area contributed by atoms with Crippen LogP contribution in [0.3, 0.4) is 0 Å². The van der Waals surface area contributed by atoms with E-state index in [1.54, 1.807) is 12.3 Å². The van der Waals surface area contributed by atoms with Crippen molar-refractivity contribution >= 4 is 39.1 Å². The Labute approximate surface area is 220 Å². The van der Waals surface area contributed by atoms with Gasteiger partial charge in [-0.1, -0.05) is 41.9 Å². The summed E-state index contributed by atoms with van der Waals surface area (Å²) in [5, 5.41) is 6.40. The van der Waals surface area contributed by atoms with E-state index in [-0.39, 0.29) is 29.9 Å². The molecule has 0 spiro atoms. The summed E-state index contributed by atoms with van der Waals surface area (Å²) >= 11 is 6.55. The number of nitrogens with two attached hydrogens (primary N) is 1. The largest absolute Gasteiger partial charge is 0.461 e. The second-order valence-corrected chi connectivity index (χ2v) is 11.2. The van der Waals surface area contributed by atoms with Gasteiger partial charge in [0.2, 0.25) is 0 Å². The van der Waals surface area contributed by atoms with Crippen molar-refractivity contribution in [3.63, 3.8) is 0 Å². The standard InChI is InChI=1S/C28H30ClFN6O/c1-28(2,31)15-37-27-34-25-20(26(35-27)36-14-17-8-5-9-18(36)12-32-17)13-33-24(23(25)30)19-10-3-6-16-7-4-11-21(29)22(16)19/h3-4,6-7,10-11,13,17-18,32H,5,8-9,12,14-15,31H2,1-2H3. The van der Waals surface area contributed by atoms with Gasteiger partial charge >= 0.3 is 6.01 Å². The number of hydrogen-bond acceptors (Lipinski definition) is 7. The van der Waals surface area contributed by atoms with E-state index < -0.39 is 11.4 Å². The number of halogens is 2. The topological polar surface area (TPSA) is 89.2 Å². The molecule has 3 aliphatic rings. The number of fused-ring (bicyclic) bond motifs is 6. The number of benzene rings is 2. The highest BCUT2D eigenvalue weighted by Crippen LogP contribution is 2.38. The van der Waals surface area contributed by atoms with Crippen molar-refractivity contribution in [2.24, 2.45) is 5.73 Å². The molecule has 37 heavy (non-hydrogen) atoms. The molecule has 5 heterocycles. The molecular formula is C28H30ClFN6O. The predicted octanol–water partition coefficient (Wildman–Crippen LogP) is 5.08. The van der Waals surface area contributed by atoms with Crippen molar-refractivity contribution in [3.05, 3.63) is 53.4 Å². The molecule has 9 heteroatoms. The molecular weight excluding hydrogens is 491 g/mol. The van der Waals surface area contributed by atoms with Crippen LogP contribution in [0.5, 0.6) is 6.01 Å². The zero-order valence-electron chi connectivity index (χ0n) is 21.0. The second kappa shape index (κ2) is 9.35. The van der Waals surface area contributed by atoms with Crippen LogP contribution >= 0.6 is 11.6 Å². The third kappa shape index (κ3) is 4.58. The summed E-state index contributed by atoms with van der Waals surface area (Å²) < 4.78 is 22.3. The molecule has 0 saturated carbocycles. The molecule has 0 radical (unpaired) electrons. The first-order valence-electron chi connectivity index (χ1n) is 12.7. The van der Waals surface area contributed by atoms with Gasteiger partial charge in [0.05, 0.1) is 5.39 Å². The summed E-state index contributed by atoms with van der Waals surface area (Å²) in [5.41, 5.74) is 6.55. The first-order chi connectivity index (χ1) is 17.8. The van der Waals surface area contributed by atoms with Gasteiger partial charge in [0.15, 0.2) is 5.82 Å². The number of hydrogen-bond donors (Lipinski definition) is 2. The Hall–Kier alpha value is -3.07. The SMILES string of the molecule is CC(C)(N)COc1nc(N2CC3CCCC2CN3)c2cnc(-c3cccc4cccc(Cl)c34)c(F)c2n1. The van der Waals surface area contributed by atoms with Crippen LogP contribution in [0.1, 0.15) is 33.1 Å². The molecule has 2 aromatic heterocycles. The molecule has 3 saturated heterocycles. The van der Waals surface area contributed by atoms with Gasteiger partial charge in [-0.15, -0.1) is 0 Å². The average molecular weight is 521 g/mol. The van der Waals surface area contributed by atoms with E-state index in [0.29, 0.717) is 27.8 Å². The van der Waals surface area contributed by atoms with Crippen LogP contribution < -0.4 is 20.7 Å². The van der Waals surface area contributed by atoms with Gasteiger partial charge in [0, 0.05) is 52.9 Å². The highest BCUT2D eigenvalue weighted by molar-refractivity contribution is 6.36. The molecule has 3 N–H and O–H groups in total. The van der Waals surface area contributed by atoms with Gasteiger partial charge < -0.3 is 20.7 Å². The van der Waals surface area contributed by atoms with E-state index in [9.17, 15) is 0 Å². The van der Waals surface area contributed by atoms with E-state index in [1.165, 1.54) is 0 Å². The van der Waals surface area contributed by atoms with Crippen LogP contribution in [0, 0.1) is 5.82 Å². The smallest absolute Gasteiger partial charge is 0.319 e. The normalized spacial score (nSPS) is 20.0. The Kier molecular flexibility index (Phi) is 6.13. The third-order valence-electron chi connectivity index (χ3n) is 7.19. The first-order valence-corrected chi connectivity index (χ1v) is 13.1. The summed E-state index contributed by atoms with van der Waals surface area (Å²) in [7, 11) is 0. The molecule has 7 nitrogen and oxygen atoms in total. The molecule has 192 valence electrons. The maximum Gasteiger partial charge on any atom is 0.319 e. The number of nitrogens with zero attached hydrogens (tertiary/aromatic N) is 4. The number of nitrogens with one attached hydrogen (secondary N) is 1. The zero-order chi connectivity index (χ0) is 25.7. The number of aromatic nitrogens is 3. The minimum Gasteiger partial charge on any atom is -0.461 e. The van der Waals surface area contributed by atoms with Gasteiger partial charge in [-0.3, -0.25) is 4.98 Å². The predicted molar refractivity (Wildman–Crippen MR) is 146 cm³/mol. The van der Waals surface area contributed by atoms with Crippen LogP contribution in [0.2, 0.25) is 5.02 Å². The maximum atomic E-state index is 16.4. The van der Waals surface area contributed by atoms with E-state index in [4.69, 9.17) is 27.1 Å². The van der Waals surface area contributed by atoms with Gasteiger partial charge in [-0.25, -0.2) is 4.39 Å². The summed E-state index contributed by atoms with van der Waals surface area (Å²) in [5.74, 6) is 0.130.